The van der Waals surface area contributed by atoms with E-state index in [0.717, 1.165) is 43.0 Å². The largest absolute Gasteiger partial charge is 0.368 e. The Morgan fingerprint density at radius 1 is 0.923 bits per heavy atom. The first-order valence-electron chi connectivity index (χ1n) is 9.43. The molecule has 3 rings (SSSR count). The van der Waals surface area contributed by atoms with Crippen LogP contribution in [0.15, 0.2) is 42.5 Å². The zero-order valence-corrected chi connectivity index (χ0v) is 16.2. The number of amides is 2. The SMILES string of the molecule is Cc1cccc(C)c1NC(=O)N1CCN(c2ccccc2C(C)C)CC1. The van der Waals surface area contributed by atoms with Gasteiger partial charge in [0.1, 0.15) is 0 Å². The molecule has 1 heterocycles. The highest BCUT2D eigenvalue weighted by molar-refractivity contribution is 5.91. The lowest BCUT2D eigenvalue weighted by Gasteiger charge is -2.37. The molecular weight excluding hydrogens is 322 g/mol. The monoisotopic (exact) mass is 351 g/mol. The van der Waals surface area contributed by atoms with E-state index >= 15 is 0 Å². The van der Waals surface area contributed by atoms with Gasteiger partial charge in [-0.15, -0.1) is 0 Å². The molecule has 0 radical (unpaired) electrons. The first-order valence-corrected chi connectivity index (χ1v) is 9.43. The maximum atomic E-state index is 12.7. The molecule has 4 heteroatoms. The molecule has 0 aliphatic carbocycles. The number of para-hydroxylation sites is 2. The van der Waals surface area contributed by atoms with Crippen LogP contribution in [0.5, 0.6) is 0 Å². The fourth-order valence-electron chi connectivity index (χ4n) is 3.61. The summed E-state index contributed by atoms with van der Waals surface area (Å²) in [7, 11) is 0. The number of hydrogen-bond acceptors (Lipinski definition) is 2. The van der Waals surface area contributed by atoms with Gasteiger partial charge in [0.05, 0.1) is 0 Å². The zero-order valence-electron chi connectivity index (χ0n) is 16.2. The fourth-order valence-corrected chi connectivity index (χ4v) is 3.61. The van der Waals surface area contributed by atoms with E-state index in [0.29, 0.717) is 5.92 Å². The van der Waals surface area contributed by atoms with Gasteiger partial charge in [-0.1, -0.05) is 50.2 Å². The summed E-state index contributed by atoms with van der Waals surface area (Å²) < 4.78 is 0. The Labute approximate surface area is 156 Å². The van der Waals surface area contributed by atoms with Crippen LogP contribution in [0.3, 0.4) is 0 Å². The molecule has 0 atom stereocenters. The second-order valence-electron chi connectivity index (χ2n) is 7.38. The van der Waals surface area contributed by atoms with Crippen molar-refractivity contribution in [1.82, 2.24) is 4.90 Å². The highest BCUT2D eigenvalue weighted by atomic mass is 16.2. The van der Waals surface area contributed by atoms with Crippen molar-refractivity contribution in [2.75, 3.05) is 36.4 Å². The van der Waals surface area contributed by atoms with Gasteiger partial charge >= 0.3 is 6.03 Å². The van der Waals surface area contributed by atoms with E-state index in [1.807, 2.05) is 36.9 Å². The number of carbonyl (C=O) groups excluding carboxylic acids is 1. The molecule has 0 unspecified atom stereocenters. The van der Waals surface area contributed by atoms with Crippen molar-refractivity contribution in [3.8, 4) is 0 Å². The van der Waals surface area contributed by atoms with Crippen molar-refractivity contribution in [2.45, 2.75) is 33.6 Å². The van der Waals surface area contributed by atoms with Crippen LogP contribution >= 0.6 is 0 Å². The molecule has 1 saturated heterocycles. The van der Waals surface area contributed by atoms with Crippen molar-refractivity contribution in [2.24, 2.45) is 0 Å². The number of nitrogens with zero attached hydrogens (tertiary/aromatic N) is 2. The van der Waals surface area contributed by atoms with Crippen LogP contribution in [0.4, 0.5) is 16.2 Å². The molecule has 1 aliphatic rings. The lowest BCUT2D eigenvalue weighted by molar-refractivity contribution is 0.208. The molecule has 0 spiro atoms. The van der Waals surface area contributed by atoms with Gasteiger partial charge in [-0.25, -0.2) is 4.79 Å². The smallest absolute Gasteiger partial charge is 0.321 e. The third kappa shape index (κ3) is 3.85. The fraction of sp³-hybridized carbons (Fsp3) is 0.409. The van der Waals surface area contributed by atoms with Gasteiger partial charge < -0.3 is 15.1 Å². The Bertz CT molecular complexity index is 756. The van der Waals surface area contributed by atoms with E-state index in [1.165, 1.54) is 11.3 Å². The molecule has 2 amide bonds. The second-order valence-corrected chi connectivity index (χ2v) is 7.38. The average molecular weight is 351 g/mol. The molecule has 0 bridgehead atoms. The van der Waals surface area contributed by atoms with Gasteiger partial charge in [0.15, 0.2) is 0 Å². The number of urea groups is 1. The maximum Gasteiger partial charge on any atom is 0.321 e. The summed E-state index contributed by atoms with van der Waals surface area (Å²) in [6, 6.07) is 14.7. The molecule has 1 aliphatic heterocycles. The Kier molecular flexibility index (Phi) is 5.50. The third-order valence-electron chi connectivity index (χ3n) is 5.18. The molecule has 138 valence electrons. The number of piperazine rings is 1. The van der Waals surface area contributed by atoms with E-state index < -0.39 is 0 Å². The van der Waals surface area contributed by atoms with Crippen LogP contribution in [0.1, 0.15) is 36.5 Å². The molecule has 4 nitrogen and oxygen atoms in total. The van der Waals surface area contributed by atoms with E-state index in [2.05, 4.69) is 48.3 Å². The summed E-state index contributed by atoms with van der Waals surface area (Å²) in [4.78, 5) is 17.0. The molecule has 0 saturated carbocycles. The minimum absolute atomic E-state index is 0.000746. The third-order valence-corrected chi connectivity index (χ3v) is 5.18. The Morgan fingerprint density at radius 3 is 2.15 bits per heavy atom. The number of benzene rings is 2. The first-order chi connectivity index (χ1) is 12.5. The van der Waals surface area contributed by atoms with Gasteiger partial charge in [0.25, 0.3) is 0 Å². The number of nitrogens with one attached hydrogen (secondary N) is 1. The van der Waals surface area contributed by atoms with E-state index in [9.17, 15) is 4.79 Å². The molecule has 26 heavy (non-hydrogen) atoms. The normalized spacial score (nSPS) is 14.7. The van der Waals surface area contributed by atoms with Gasteiger partial charge in [0, 0.05) is 37.6 Å². The predicted molar refractivity (Wildman–Crippen MR) is 109 cm³/mol. The number of rotatable bonds is 3. The van der Waals surface area contributed by atoms with E-state index in [-0.39, 0.29) is 6.03 Å². The van der Waals surface area contributed by atoms with Crippen LogP contribution in [0.25, 0.3) is 0 Å². The highest BCUT2D eigenvalue weighted by Crippen LogP contribution is 2.28. The molecular formula is C22H29N3O. The van der Waals surface area contributed by atoms with Crippen LogP contribution in [-0.4, -0.2) is 37.1 Å². The van der Waals surface area contributed by atoms with Crippen LogP contribution < -0.4 is 10.2 Å². The van der Waals surface area contributed by atoms with E-state index in [4.69, 9.17) is 0 Å². The Balaban J connectivity index is 1.65. The van der Waals surface area contributed by atoms with Crippen LogP contribution in [-0.2, 0) is 0 Å². The Hall–Kier alpha value is -2.49. The van der Waals surface area contributed by atoms with Crippen molar-refractivity contribution in [3.05, 3.63) is 59.2 Å². The Morgan fingerprint density at radius 2 is 1.54 bits per heavy atom. The number of carbonyl (C=O) groups is 1. The van der Waals surface area contributed by atoms with Crippen LogP contribution in [0.2, 0.25) is 0 Å². The van der Waals surface area contributed by atoms with Gasteiger partial charge in [-0.2, -0.15) is 0 Å². The minimum atomic E-state index is -0.000746. The lowest BCUT2D eigenvalue weighted by atomic mass is 10.00. The minimum Gasteiger partial charge on any atom is -0.368 e. The summed E-state index contributed by atoms with van der Waals surface area (Å²) in [5.41, 5.74) is 5.81. The van der Waals surface area contributed by atoms with Crippen molar-refractivity contribution >= 4 is 17.4 Å². The highest BCUT2D eigenvalue weighted by Gasteiger charge is 2.23. The summed E-state index contributed by atoms with van der Waals surface area (Å²) in [5, 5.41) is 3.10. The van der Waals surface area contributed by atoms with Crippen LogP contribution in [0, 0.1) is 13.8 Å². The standard InChI is InChI=1S/C22H29N3O/c1-16(2)19-10-5-6-11-20(19)24-12-14-25(15-13-24)22(26)23-21-17(3)8-7-9-18(21)4/h5-11,16H,12-15H2,1-4H3,(H,23,26). The molecule has 2 aromatic rings. The summed E-state index contributed by atoms with van der Waals surface area (Å²) >= 11 is 0. The molecule has 2 aromatic carbocycles. The quantitative estimate of drug-likeness (QED) is 0.864. The molecule has 1 N–H and O–H groups in total. The predicted octanol–water partition coefficient (Wildman–Crippen LogP) is 4.78. The first kappa shape index (κ1) is 18.3. The number of anilines is 2. The number of hydrogen-bond donors (Lipinski definition) is 1. The molecule has 1 fully saturated rings. The maximum absolute atomic E-state index is 12.7. The van der Waals surface area contributed by atoms with Gasteiger partial charge in [0.2, 0.25) is 0 Å². The van der Waals surface area contributed by atoms with Crippen molar-refractivity contribution in [1.29, 1.82) is 0 Å². The van der Waals surface area contributed by atoms with Crippen molar-refractivity contribution < 1.29 is 4.79 Å². The topological polar surface area (TPSA) is 35.6 Å². The molecule has 0 aromatic heterocycles. The van der Waals surface area contributed by atoms with Crippen molar-refractivity contribution in [3.63, 3.8) is 0 Å². The lowest BCUT2D eigenvalue weighted by Crippen LogP contribution is -2.50. The zero-order chi connectivity index (χ0) is 18.7. The van der Waals surface area contributed by atoms with Gasteiger partial charge in [-0.05, 0) is 42.5 Å². The summed E-state index contributed by atoms with van der Waals surface area (Å²) in [6.45, 7) is 11.7. The van der Waals surface area contributed by atoms with Gasteiger partial charge in [-0.3, -0.25) is 0 Å². The summed E-state index contributed by atoms with van der Waals surface area (Å²) in [6.07, 6.45) is 0. The summed E-state index contributed by atoms with van der Waals surface area (Å²) in [5.74, 6) is 0.497. The number of aryl methyl sites for hydroxylation is 2. The average Bonchev–Trinajstić information content (AvgIpc) is 2.65. The second kappa shape index (κ2) is 7.81. The van der Waals surface area contributed by atoms with E-state index in [1.54, 1.807) is 0 Å².